The number of ketones is 1. The van der Waals surface area contributed by atoms with Gasteiger partial charge in [-0.2, -0.15) is 0 Å². The fourth-order valence-electron chi connectivity index (χ4n) is 0.369. The molecule has 0 spiro atoms. The van der Waals surface area contributed by atoms with Crippen LogP contribution in [0.25, 0.3) is 0 Å². The molecule has 0 saturated heterocycles. The highest BCUT2D eigenvalue weighted by atomic mass is 79.9. The molecule has 68 valence electrons. The second-order valence-electron chi connectivity index (χ2n) is 2.02. The van der Waals surface area contributed by atoms with Crippen LogP contribution in [0.2, 0.25) is 0 Å². The number of alkyl halides is 2. The highest BCUT2D eigenvalue weighted by Crippen LogP contribution is 2.28. The lowest BCUT2D eigenvalue weighted by Gasteiger charge is -2.14. The van der Waals surface area contributed by atoms with Crippen molar-refractivity contribution in [2.75, 3.05) is 6.61 Å². The molecule has 5 heteroatoms. The zero-order valence-electron chi connectivity index (χ0n) is 6.47. The monoisotopic (exact) mass is 298 g/mol. The molecule has 0 aliphatic heterocycles. The van der Waals surface area contributed by atoms with E-state index in [4.69, 9.17) is 0 Å². The first-order valence-electron chi connectivity index (χ1n) is 3.10. The minimum atomic E-state index is -1.41. The SMILES string of the molecule is C=CCOC(=O)C(Br)(Br)C(C)=O. The molecule has 0 atom stereocenters. The molecular weight excluding hydrogens is 292 g/mol. The Morgan fingerprint density at radius 1 is 1.58 bits per heavy atom. The third-order valence-electron chi connectivity index (χ3n) is 1.03. The van der Waals surface area contributed by atoms with Crippen LogP contribution in [-0.2, 0) is 14.3 Å². The van der Waals surface area contributed by atoms with Crippen molar-refractivity contribution >= 4 is 43.6 Å². The van der Waals surface area contributed by atoms with Crippen LogP contribution in [0.1, 0.15) is 6.92 Å². The van der Waals surface area contributed by atoms with Gasteiger partial charge in [0.2, 0.25) is 3.23 Å². The summed E-state index contributed by atoms with van der Waals surface area (Å²) in [6.45, 7) is 4.73. The van der Waals surface area contributed by atoms with Crippen molar-refractivity contribution in [1.29, 1.82) is 0 Å². The Kier molecular flexibility index (Phi) is 4.70. The van der Waals surface area contributed by atoms with Crippen molar-refractivity contribution in [1.82, 2.24) is 0 Å². The molecule has 0 fully saturated rings. The molecule has 0 aliphatic rings. The van der Waals surface area contributed by atoms with Crippen molar-refractivity contribution < 1.29 is 14.3 Å². The second kappa shape index (κ2) is 4.77. The van der Waals surface area contributed by atoms with Crippen LogP contribution in [0.5, 0.6) is 0 Å². The molecular formula is C7H8Br2O3. The molecule has 0 N–H and O–H groups in total. The first-order valence-corrected chi connectivity index (χ1v) is 4.68. The van der Waals surface area contributed by atoms with Gasteiger partial charge in [-0.1, -0.05) is 44.5 Å². The molecule has 0 heterocycles. The maximum absolute atomic E-state index is 11.1. The number of carbonyl (C=O) groups is 2. The molecule has 0 rings (SSSR count). The van der Waals surface area contributed by atoms with Gasteiger partial charge in [0.15, 0.2) is 5.78 Å². The lowest BCUT2D eigenvalue weighted by molar-refractivity contribution is -0.144. The zero-order chi connectivity index (χ0) is 9.78. The van der Waals surface area contributed by atoms with E-state index < -0.39 is 9.20 Å². The number of Topliss-reactive ketones (excluding diaryl/α,β-unsaturated/α-hetero) is 1. The quantitative estimate of drug-likeness (QED) is 0.344. The van der Waals surface area contributed by atoms with E-state index in [0.717, 1.165) is 0 Å². The summed E-state index contributed by atoms with van der Waals surface area (Å²) in [5.41, 5.74) is 0. The number of rotatable bonds is 4. The standard InChI is InChI=1S/C7H8Br2O3/c1-3-4-12-6(11)7(8,9)5(2)10/h3H,1,4H2,2H3. The summed E-state index contributed by atoms with van der Waals surface area (Å²) in [6.07, 6.45) is 1.42. The van der Waals surface area contributed by atoms with Crippen molar-refractivity contribution in [2.24, 2.45) is 0 Å². The first kappa shape index (κ1) is 11.8. The van der Waals surface area contributed by atoms with Gasteiger partial charge >= 0.3 is 5.97 Å². The number of halogens is 2. The number of hydrogen-bond donors (Lipinski definition) is 0. The molecule has 0 aromatic carbocycles. The first-order chi connectivity index (χ1) is 5.42. The molecule has 0 saturated carbocycles. The molecule has 0 aromatic rings. The minimum Gasteiger partial charge on any atom is -0.459 e. The topological polar surface area (TPSA) is 43.4 Å². The largest absolute Gasteiger partial charge is 0.459 e. The van der Waals surface area contributed by atoms with Crippen molar-refractivity contribution in [3.05, 3.63) is 12.7 Å². The van der Waals surface area contributed by atoms with Crippen LogP contribution in [0.4, 0.5) is 0 Å². The van der Waals surface area contributed by atoms with E-state index in [1.165, 1.54) is 13.0 Å². The summed E-state index contributed by atoms with van der Waals surface area (Å²) in [7, 11) is 0. The maximum atomic E-state index is 11.1. The van der Waals surface area contributed by atoms with Gasteiger partial charge in [0.05, 0.1) is 0 Å². The normalized spacial score (nSPS) is 10.6. The smallest absolute Gasteiger partial charge is 0.341 e. The molecule has 0 amide bonds. The summed E-state index contributed by atoms with van der Waals surface area (Å²) in [4.78, 5) is 21.9. The second-order valence-corrected chi connectivity index (χ2v) is 5.46. The molecule has 0 aromatic heterocycles. The van der Waals surface area contributed by atoms with Crippen LogP contribution < -0.4 is 0 Å². The maximum Gasteiger partial charge on any atom is 0.341 e. The number of hydrogen-bond acceptors (Lipinski definition) is 3. The van der Waals surface area contributed by atoms with Crippen molar-refractivity contribution in [3.63, 3.8) is 0 Å². The van der Waals surface area contributed by atoms with Crippen LogP contribution in [0.15, 0.2) is 12.7 Å². The fourth-order valence-corrected chi connectivity index (χ4v) is 0.598. The van der Waals surface area contributed by atoms with E-state index in [0.29, 0.717) is 0 Å². The minimum absolute atomic E-state index is 0.0884. The van der Waals surface area contributed by atoms with E-state index in [1.807, 2.05) is 0 Å². The Morgan fingerprint density at radius 2 is 2.08 bits per heavy atom. The summed E-state index contributed by atoms with van der Waals surface area (Å²) in [5.74, 6) is -1.04. The summed E-state index contributed by atoms with van der Waals surface area (Å²) >= 11 is 5.80. The fraction of sp³-hybridized carbons (Fsp3) is 0.429. The van der Waals surface area contributed by atoms with Gasteiger partial charge < -0.3 is 4.74 Å². The third-order valence-corrected chi connectivity index (χ3v) is 2.80. The van der Waals surface area contributed by atoms with Gasteiger partial charge in [0, 0.05) is 0 Å². The summed E-state index contributed by atoms with van der Waals surface area (Å²) < 4.78 is 3.23. The van der Waals surface area contributed by atoms with E-state index in [-0.39, 0.29) is 12.4 Å². The highest BCUT2D eigenvalue weighted by Gasteiger charge is 2.39. The molecule has 3 nitrogen and oxygen atoms in total. The zero-order valence-corrected chi connectivity index (χ0v) is 9.64. The van der Waals surface area contributed by atoms with Gasteiger partial charge in [-0.05, 0) is 6.92 Å². The lowest BCUT2D eigenvalue weighted by atomic mass is 10.3. The predicted octanol–water partition coefficient (Wildman–Crippen LogP) is 1.79. The average Bonchev–Trinajstić information content (AvgIpc) is 1.99. The Labute approximate surface area is 87.4 Å². The number of ether oxygens (including phenoxy) is 1. The Balaban J connectivity index is 4.25. The van der Waals surface area contributed by atoms with Crippen LogP contribution >= 0.6 is 31.9 Å². The average molecular weight is 300 g/mol. The van der Waals surface area contributed by atoms with Crippen molar-refractivity contribution in [2.45, 2.75) is 10.2 Å². The molecule has 0 radical (unpaired) electrons. The van der Waals surface area contributed by atoms with Crippen molar-refractivity contribution in [3.8, 4) is 0 Å². The predicted molar refractivity (Wildman–Crippen MR) is 52.4 cm³/mol. The van der Waals surface area contributed by atoms with Crippen LogP contribution in [-0.4, -0.2) is 21.6 Å². The van der Waals surface area contributed by atoms with Gasteiger partial charge in [0.25, 0.3) is 0 Å². The molecule has 12 heavy (non-hydrogen) atoms. The van der Waals surface area contributed by atoms with Gasteiger partial charge in [-0.3, -0.25) is 4.79 Å². The number of esters is 1. The third kappa shape index (κ3) is 3.06. The lowest BCUT2D eigenvalue weighted by Crippen LogP contribution is -2.34. The Morgan fingerprint density at radius 3 is 2.42 bits per heavy atom. The van der Waals surface area contributed by atoms with Crippen LogP contribution in [0.3, 0.4) is 0 Å². The Bertz CT molecular complexity index is 211. The Hall–Kier alpha value is -0.160. The molecule has 0 aliphatic carbocycles. The van der Waals surface area contributed by atoms with E-state index in [1.54, 1.807) is 0 Å². The van der Waals surface area contributed by atoms with E-state index in [2.05, 4.69) is 43.2 Å². The summed E-state index contributed by atoms with van der Waals surface area (Å²) in [5, 5.41) is 0. The summed E-state index contributed by atoms with van der Waals surface area (Å²) in [6, 6.07) is 0. The number of carbonyl (C=O) groups excluding carboxylic acids is 2. The molecule has 0 bridgehead atoms. The van der Waals surface area contributed by atoms with Crippen LogP contribution in [0, 0.1) is 0 Å². The van der Waals surface area contributed by atoms with Gasteiger partial charge in [-0.25, -0.2) is 4.79 Å². The van der Waals surface area contributed by atoms with E-state index in [9.17, 15) is 9.59 Å². The molecule has 0 unspecified atom stereocenters. The van der Waals surface area contributed by atoms with Gasteiger partial charge in [-0.15, -0.1) is 0 Å². The van der Waals surface area contributed by atoms with E-state index >= 15 is 0 Å². The van der Waals surface area contributed by atoms with Gasteiger partial charge in [0.1, 0.15) is 6.61 Å². The highest BCUT2D eigenvalue weighted by molar-refractivity contribution is 9.26.